The maximum absolute atomic E-state index is 11.5. The van der Waals surface area contributed by atoms with Gasteiger partial charge in [0.1, 0.15) is 13.2 Å². The van der Waals surface area contributed by atoms with Gasteiger partial charge in [0.15, 0.2) is 0 Å². The number of carbonyl (C=O) groups is 2. The minimum Gasteiger partial charge on any atom is -0.467 e. The van der Waals surface area contributed by atoms with Crippen molar-refractivity contribution >= 4 is 11.9 Å². The third kappa shape index (κ3) is 25.0. The molecular formula is C22H42O10. The van der Waals surface area contributed by atoms with Gasteiger partial charge in [-0.2, -0.15) is 0 Å². The lowest BCUT2D eigenvalue weighted by molar-refractivity contribution is -0.146. The minimum absolute atomic E-state index is 0.0686. The van der Waals surface area contributed by atoms with Crippen LogP contribution in [0.3, 0.4) is 0 Å². The Labute approximate surface area is 192 Å². The molecule has 0 aromatic rings. The van der Waals surface area contributed by atoms with Crippen LogP contribution in [-0.2, 0) is 47.5 Å². The Morgan fingerprint density at radius 3 is 1.41 bits per heavy atom. The predicted molar refractivity (Wildman–Crippen MR) is 117 cm³/mol. The summed E-state index contributed by atoms with van der Waals surface area (Å²) in [6.07, 6.45) is 4.76. The molecule has 0 unspecified atom stereocenters. The van der Waals surface area contributed by atoms with Crippen LogP contribution in [0.15, 0.2) is 0 Å². The molecule has 32 heavy (non-hydrogen) atoms. The van der Waals surface area contributed by atoms with Crippen LogP contribution >= 0.6 is 0 Å². The van der Waals surface area contributed by atoms with Gasteiger partial charge in [0.05, 0.1) is 79.8 Å². The molecule has 0 aliphatic carbocycles. The zero-order valence-electron chi connectivity index (χ0n) is 19.8. The monoisotopic (exact) mass is 466 g/mol. The summed E-state index contributed by atoms with van der Waals surface area (Å²) in [5.74, 6) is -0.563. The van der Waals surface area contributed by atoms with E-state index in [1.54, 1.807) is 0 Å². The van der Waals surface area contributed by atoms with Crippen LogP contribution in [-0.4, -0.2) is 105 Å². The van der Waals surface area contributed by atoms with E-state index in [9.17, 15) is 9.59 Å². The van der Waals surface area contributed by atoms with Gasteiger partial charge < -0.3 is 37.9 Å². The molecule has 0 saturated carbocycles. The Kier molecular flexibility index (Phi) is 24.9. The Morgan fingerprint density at radius 1 is 0.531 bits per heavy atom. The first-order valence-electron chi connectivity index (χ1n) is 11.4. The summed E-state index contributed by atoms with van der Waals surface area (Å²) in [6.45, 7) is 7.18. The first-order valence-corrected chi connectivity index (χ1v) is 11.4. The number of unbranched alkanes of at least 4 members (excludes halogenated alkanes) is 3. The van der Waals surface area contributed by atoms with Gasteiger partial charge in [-0.25, -0.2) is 4.79 Å². The molecule has 10 nitrogen and oxygen atoms in total. The van der Waals surface area contributed by atoms with Crippen molar-refractivity contribution in [1.29, 1.82) is 0 Å². The Bertz CT molecular complexity index is 420. The van der Waals surface area contributed by atoms with E-state index in [1.165, 1.54) is 7.11 Å². The van der Waals surface area contributed by atoms with Crippen molar-refractivity contribution in [2.24, 2.45) is 0 Å². The van der Waals surface area contributed by atoms with Crippen LogP contribution < -0.4 is 0 Å². The maximum Gasteiger partial charge on any atom is 0.331 e. The summed E-state index contributed by atoms with van der Waals surface area (Å²) in [6, 6.07) is 0. The van der Waals surface area contributed by atoms with E-state index in [2.05, 4.69) is 11.7 Å². The van der Waals surface area contributed by atoms with Gasteiger partial charge in [0.25, 0.3) is 0 Å². The highest BCUT2D eigenvalue weighted by atomic mass is 16.6. The quantitative estimate of drug-likeness (QED) is 0.146. The first kappa shape index (κ1) is 30.7. The van der Waals surface area contributed by atoms with Crippen molar-refractivity contribution in [1.82, 2.24) is 0 Å². The fourth-order valence-corrected chi connectivity index (χ4v) is 2.30. The van der Waals surface area contributed by atoms with Crippen molar-refractivity contribution in [2.45, 2.75) is 39.0 Å². The van der Waals surface area contributed by atoms with Crippen LogP contribution in [0, 0.1) is 0 Å². The molecule has 0 radical (unpaired) electrons. The molecule has 0 heterocycles. The molecular weight excluding hydrogens is 424 g/mol. The van der Waals surface area contributed by atoms with E-state index in [0.717, 1.165) is 25.7 Å². The first-order chi connectivity index (χ1) is 15.7. The van der Waals surface area contributed by atoms with Crippen molar-refractivity contribution in [3.8, 4) is 0 Å². The molecule has 0 bridgehead atoms. The number of carbonyl (C=O) groups excluding carboxylic acids is 2. The van der Waals surface area contributed by atoms with Crippen LogP contribution in [0.1, 0.15) is 39.0 Å². The summed E-state index contributed by atoms with van der Waals surface area (Å²) in [5.41, 5.74) is 0. The van der Waals surface area contributed by atoms with Crippen LogP contribution in [0.2, 0.25) is 0 Å². The zero-order chi connectivity index (χ0) is 23.5. The van der Waals surface area contributed by atoms with Crippen molar-refractivity contribution in [2.75, 3.05) is 93.0 Å². The number of methoxy groups -OCH3 is 1. The Hall–Kier alpha value is -1.30. The van der Waals surface area contributed by atoms with E-state index < -0.39 is 5.97 Å². The smallest absolute Gasteiger partial charge is 0.331 e. The largest absolute Gasteiger partial charge is 0.467 e. The van der Waals surface area contributed by atoms with Crippen LogP contribution in [0.25, 0.3) is 0 Å². The highest BCUT2D eigenvalue weighted by Crippen LogP contribution is 2.03. The van der Waals surface area contributed by atoms with Gasteiger partial charge in [-0.05, 0) is 6.42 Å². The van der Waals surface area contributed by atoms with E-state index in [-0.39, 0.29) is 19.2 Å². The highest BCUT2D eigenvalue weighted by Gasteiger charge is 2.02. The van der Waals surface area contributed by atoms with Gasteiger partial charge in [-0.1, -0.05) is 26.2 Å². The summed E-state index contributed by atoms with van der Waals surface area (Å²) in [4.78, 5) is 22.3. The van der Waals surface area contributed by atoms with Crippen LogP contribution in [0.4, 0.5) is 0 Å². The highest BCUT2D eigenvalue weighted by molar-refractivity contribution is 5.70. The summed E-state index contributed by atoms with van der Waals surface area (Å²) >= 11 is 0. The Balaban J connectivity index is 3.10. The van der Waals surface area contributed by atoms with Gasteiger partial charge in [0, 0.05) is 6.42 Å². The molecule has 0 amide bonds. The number of hydrogen-bond acceptors (Lipinski definition) is 10. The molecule has 0 rings (SSSR count). The lowest BCUT2D eigenvalue weighted by atomic mass is 10.2. The topological polar surface area (TPSA) is 108 Å². The van der Waals surface area contributed by atoms with Gasteiger partial charge >= 0.3 is 11.9 Å². The predicted octanol–water partition coefficient (Wildman–Crippen LogP) is 1.77. The summed E-state index contributed by atoms with van der Waals surface area (Å²) in [5, 5.41) is 0. The molecule has 0 fully saturated rings. The molecule has 0 atom stereocenters. The lowest BCUT2D eigenvalue weighted by Crippen LogP contribution is -2.16. The second kappa shape index (κ2) is 26.0. The third-order valence-electron chi connectivity index (χ3n) is 4.03. The molecule has 0 N–H and O–H groups in total. The van der Waals surface area contributed by atoms with Gasteiger partial charge in [0.2, 0.25) is 0 Å². The van der Waals surface area contributed by atoms with Gasteiger partial charge in [-0.3, -0.25) is 4.79 Å². The average Bonchev–Trinajstić information content (AvgIpc) is 2.80. The molecule has 0 spiro atoms. The van der Waals surface area contributed by atoms with Crippen LogP contribution in [0.5, 0.6) is 0 Å². The second-order valence-corrected chi connectivity index (χ2v) is 6.72. The van der Waals surface area contributed by atoms with Crippen molar-refractivity contribution < 1.29 is 47.5 Å². The van der Waals surface area contributed by atoms with E-state index in [0.29, 0.717) is 79.1 Å². The molecule has 0 aliphatic heterocycles. The minimum atomic E-state index is -0.407. The maximum atomic E-state index is 11.5. The molecule has 10 heteroatoms. The van der Waals surface area contributed by atoms with E-state index in [4.69, 9.17) is 33.2 Å². The summed E-state index contributed by atoms with van der Waals surface area (Å²) in [7, 11) is 1.31. The number of ether oxygens (including phenoxy) is 8. The average molecular weight is 467 g/mol. The normalized spacial score (nSPS) is 10.9. The van der Waals surface area contributed by atoms with Crippen molar-refractivity contribution in [3.05, 3.63) is 0 Å². The van der Waals surface area contributed by atoms with Crippen molar-refractivity contribution in [3.63, 3.8) is 0 Å². The zero-order valence-corrected chi connectivity index (χ0v) is 19.8. The molecule has 0 aliphatic rings. The Morgan fingerprint density at radius 2 is 0.969 bits per heavy atom. The fraction of sp³-hybridized carbons (Fsp3) is 0.909. The molecule has 0 aromatic heterocycles. The second-order valence-electron chi connectivity index (χ2n) is 6.72. The molecule has 0 aromatic carbocycles. The van der Waals surface area contributed by atoms with E-state index >= 15 is 0 Å². The SMILES string of the molecule is CCCCCCC(=O)OCCOCCOCCOCCOCCOCCOCC(=O)OC. The van der Waals surface area contributed by atoms with E-state index in [1.807, 2.05) is 0 Å². The third-order valence-corrected chi connectivity index (χ3v) is 4.03. The number of esters is 2. The number of rotatable bonds is 25. The van der Waals surface area contributed by atoms with Gasteiger partial charge in [-0.15, -0.1) is 0 Å². The standard InChI is InChI=1S/C22H42O10/c1-3-4-5-6-7-21(23)32-19-18-30-15-14-28-11-10-26-8-9-27-12-13-29-16-17-31-20-22(24)25-2/h3-20H2,1-2H3. The molecule has 0 saturated heterocycles. The fourth-order valence-electron chi connectivity index (χ4n) is 2.30. The number of hydrogen-bond donors (Lipinski definition) is 0. The lowest BCUT2D eigenvalue weighted by Gasteiger charge is -2.08. The molecule has 190 valence electrons. The summed E-state index contributed by atoms with van der Waals surface area (Å²) < 4.78 is 41.4.